The van der Waals surface area contributed by atoms with Gasteiger partial charge in [-0.2, -0.15) is 0 Å². The van der Waals surface area contributed by atoms with Crippen molar-refractivity contribution in [1.29, 1.82) is 0 Å². The Kier molecular flexibility index (Phi) is 5.48. The normalized spacial score (nSPS) is 21.6. The maximum absolute atomic E-state index is 14.2. The van der Waals surface area contributed by atoms with Gasteiger partial charge < -0.3 is 14.8 Å². The van der Waals surface area contributed by atoms with Crippen molar-refractivity contribution in [2.75, 3.05) is 19.6 Å². The van der Waals surface area contributed by atoms with Gasteiger partial charge in [0.2, 0.25) is 5.91 Å². The van der Waals surface area contributed by atoms with E-state index in [4.69, 9.17) is 0 Å². The van der Waals surface area contributed by atoms with Crippen molar-refractivity contribution in [3.05, 3.63) is 105 Å². The van der Waals surface area contributed by atoms with Crippen molar-refractivity contribution in [2.24, 2.45) is 0 Å². The lowest BCUT2D eigenvalue weighted by Gasteiger charge is -2.51. The number of hydrogen-bond donors (Lipinski definition) is 1. The molecule has 2 aliphatic rings. The molecule has 4 aromatic rings. The van der Waals surface area contributed by atoms with Crippen LogP contribution in [0, 0.1) is 5.82 Å². The minimum absolute atomic E-state index is 0.00844. The number of para-hydroxylation sites is 1. The summed E-state index contributed by atoms with van der Waals surface area (Å²) < 4.78 is 15.2. The molecule has 3 heterocycles. The van der Waals surface area contributed by atoms with Crippen LogP contribution < -0.4 is 0 Å². The standard InChI is InChI=1S/C29H25BrFN3O2/c1-29-27-26(21-7-3-5-9-24(21)32-27)22(18-10-12-20(30)13-11-18)16-34(29)25(35)17-33(28(29)36)15-14-19-6-2-4-8-23(19)31/h2-13,22,32H,14-17H2,1H3/t22?,29-/m0/s1. The second kappa shape index (κ2) is 8.59. The molecule has 0 radical (unpaired) electrons. The molecule has 2 aliphatic heterocycles. The van der Waals surface area contributed by atoms with Crippen molar-refractivity contribution in [2.45, 2.75) is 24.8 Å². The zero-order valence-corrected chi connectivity index (χ0v) is 21.4. The maximum Gasteiger partial charge on any atom is 0.254 e. The lowest BCUT2D eigenvalue weighted by molar-refractivity contribution is -0.166. The van der Waals surface area contributed by atoms with Gasteiger partial charge in [0.05, 0.1) is 12.2 Å². The summed E-state index contributed by atoms with van der Waals surface area (Å²) in [5, 5.41) is 1.06. The number of hydrogen-bond acceptors (Lipinski definition) is 2. The minimum Gasteiger partial charge on any atom is -0.356 e. The zero-order valence-electron chi connectivity index (χ0n) is 19.8. The summed E-state index contributed by atoms with van der Waals surface area (Å²) in [6.45, 7) is 2.53. The fraction of sp³-hybridized carbons (Fsp3) is 0.241. The van der Waals surface area contributed by atoms with Gasteiger partial charge in [-0.05, 0) is 54.3 Å². The van der Waals surface area contributed by atoms with Gasteiger partial charge in [-0.3, -0.25) is 9.59 Å². The summed E-state index contributed by atoms with van der Waals surface area (Å²) in [5.41, 5.74) is 3.23. The van der Waals surface area contributed by atoms with Gasteiger partial charge in [0.25, 0.3) is 5.91 Å². The van der Waals surface area contributed by atoms with E-state index in [2.05, 4.69) is 39.1 Å². The molecule has 1 N–H and O–H groups in total. The van der Waals surface area contributed by atoms with Gasteiger partial charge in [-0.25, -0.2) is 4.39 Å². The minimum atomic E-state index is -1.16. The Morgan fingerprint density at radius 3 is 2.53 bits per heavy atom. The highest BCUT2D eigenvalue weighted by Gasteiger charge is 2.56. The number of nitrogens with one attached hydrogen (secondary N) is 1. The van der Waals surface area contributed by atoms with E-state index in [0.717, 1.165) is 32.2 Å². The first kappa shape index (κ1) is 23.0. The molecule has 1 aromatic heterocycles. The van der Waals surface area contributed by atoms with Crippen LogP contribution in [0.2, 0.25) is 0 Å². The van der Waals surface area contributed by atoms with Crippen LogP contribution in [0.15, 0.2) is 77.3 Å². The molecular formula is C29H25BrFN3O2. The Morgan fingerprint density at radius 2 is 1.75 bits per heavy atom. The van der Waals surface area contributed by atoms with Crippen LogP contribution in [0.4, 0.5) is 4.39 Å². The molecule has 6 rings (SSSR count). The number of halogens is 2. The summed E-state index contributed by atoms with van der Waals surface area (Å²) in [7, 11) is 0. The average Bonchev–Trinajstić information content (AvgIpc) is 3.28. The lowest BCUT2D eigenvalue weighted by atomic mass is 9.76. The highest BCUT2D eigenvalue weighted by Crippen LogP contribution is 2.48. The summed E-state index contributed by atoms with van der Waals surface area (Å²) >= 11 is 3.51. The summed E-state index contributed by atoms with van der Waals surface area (Å²) in [5.74, 6) is -0.606. The third-order valence-corrected chi connectivity index (χ3v) is 8.23. The first-order valence-corrected chi connectivity index (χ1v) is 12.9. The van der Waals surface area contributed by atoms with Gasteiger partial charge in [0, 0.05) is 34.4 Å². The van der Waals surface area contributed by atoms with E-state index >= 15 is 0 Å². The third-order valence-electron chi connectivity index (χ3n) is 7.70. The van der Waals surface area contributed by atoms with Crippen LogP contribution in [0.3, 0.4) is 0 Å². The van der Waals surface area contributed by atoms with Gasteiger partial charge in [-0.1, -0.05) is 64.5 Å². The monoisotopic (exact) mass is 545 g/mol. The van der Waals surface area contributed by atoms with E-state index in [0.29, 0.717) is 18.5 Å². The number of carbonyl (C=O) groups excluding carboxylic acids is 2. The van der Waals surface area contributed by atoms with Crippen LogP contribution in [-0.2, 0) is 21.5 Å². The van der Waals surface area contributed by atoms with Crippen LogP contribution >= 0.6 is 15.9 Å². The number of aromatic nitrogens is 1. The maximum atomic E-state index is 14.2. The quantitative estimate of drug-likeness (QED) is 0.376. The molecule has 1 unspecified atom stereocenters. The molecule has 2 atom stereocenters. The molecule has 36 heavy (non-hydrogen) atoms. The predicted molar refractivity (Wildman–Crippen MR) is 140 cm³/mol. The molecule has 0 spiro atoms. The molecule has 0 aliphatic carbocycles. The molecule has 5 nitrogen and oxygen atoms in total. The number of aromatic amines is 1. The van der Waals surface area contributed by atoms with Gasteiger partial charge >= 0.3 is 0 Å². The Morgan fingerprint density at radius 1 is 1.03 bits per heavy atom. The fourth-order valence-corrected chi connectivity index (χ4v) is 6.07. The van der Waals surface area contributed by atoms with Gasteiger partial charge in [0.15, 0.2) is 5.54 Å². The molecule has 2 amide bonds. The smallest absolute Gasteiger partial charge is 0.254 e. The second-order valence-electron chi connectivity index (χ2n) is 9.71. The number of carbonyl (C=O) groups is 2. The number of piperazine rings is 1. The molecule has 1 fully saturated rings. The lowest BCUT2D eigenvalue weighted by Crippen LogP contribution is -2.67. The molecule has 7 heteroatoms. The topological polar surface area (TPSA) is 56.4 Å². The molecule has 182 valence electrons. The van der Waals surface area contributed by atoms with E-state index in [1.54, 1.807) is 28.0 Å². The fourth-order valence-electron chi connectivity index (χ4n) is 5.81. The van der Waals surface area contributed by atoms with Crippen molar-refractivity contribution in [3.63, 3.8) is 0 Å². The van der Waals surface area contributed by atoms with Crippen molar-refractivity contribution in [1.82, 2.24) is 14.8 Å². The van der Waals surface area contributed by atoms with Crippen LogP contribution in [0.1, 0.15) is 35.2 Å². The highest BCUT2D eigenvalue weighted by molar-refractivity contribution is 9.10. The van der Waals surface area contributed by atoms with Crippen LogP contribution in [-0.4, -0.2) is 46.2 Å². The Balaban J connectivity index is 1.44. The van der Waals surface area contributed by atoms with Crippen LogP contribution in [0.25, 0.3) is 10.9 Å². The average molecular weight is 546 g/mol. The first-order valence-electron chi connectivity index (χ1n) is 12.1. The number of amides is 2. The molecule has 0 bridgehead atoms. The highest BCUT2D eigenvalue weighted by atomic mass is 79.9. The van der Waals surface area contributed by atoms with Gasteiger partial charge in [-0.15, -0.1) is 0 Å². The Bertz CT molecular complexity index is 1500. The summed E-state index contributed by atoms with van der Waals surface area (Å²) in [4.78, 5) is 34.5. The van der Waals surface area contributed by atoms with Gasteiger partial charge in [0.1, 0.15) is 5.82 Å². The number of rotatable bonds is 4. The zero-order chi connectivity index (χ0) is 25.0. The first-order chi connectivity index (χ1) is 17.4. The number of fused-ring (bicyclic) bond motifs is 5. The molecule has 1 saturated heterocycles. The van der Waals surface area contributed by atoms with Crippen molar-refractivity contribution >= 4 is 38.6 Å². The Hall–Kier alpha value is -3.45. The summed E-state index contributed by atoms with van der Waals surface area (Å²) in [6, 6.07) is 22.8. The summed E-state index contributed by atoms with van der Waals surface area (Å²) in [6.07, 6.45) is 0.350. The van der Waals surface area contributed by atoms with E-state index in [9.17, 15) is 14.0 Å². The van der Waals surface area contributed by atoms with E-state index in [1.165, 1.54) is 6.07 Å². The number of H-pyrrole nitrogens is 1. The SMILES string of the molecule is C[C@]12C(=O)N(CCc3ccccc3F)CC(=O)N1CC(c1ccc(Br)cc1)c1c2[nH]c2ccccc12. The second-order valence-corrected chi connectivity index (χ2v) is 10.6. The molecule has 0 saturated carbocycles. The molecular weight excluding hydrogens is 521 g/mol. The molecule has 3 aromatic carbocycles. The van der Waals surface area contributed by atoms with Crippen LogP contribution in [0.5, 0.6) is 0 Å². The largest absolute Gasteiger partial charge is 0.356 e. The van der Waals surface area contributed by atoms with Crippen molar-refractivity contribution < 1.29 is 14.0 Å². The van der Waals surface area contributed by atoms with E-state index in [-0.39, 0.29) is 36.6 Å². The third kappa shape index (κ3) is 3.48. The number of nitrogens with zero attached hydrogens (tertiary/aromatic N) is 2. The van der Waals surface area contributed by atoms with Crippen molar-refractivity contribution in [3.8, 4) is 0 Å². The number of benzene rings is 3. The predicted octanol–water partition coefficient (Wildman–Crippen LogP) is 5.34. The van der Waals surface area contributed by atoms with E-state index < -0.39 is 5.54 Å². The van der Waals surface area contributed by atoms with E-state index in [1.807, 2.05) is 37.3 Å². The Labute approximate surface area is 217 Å².